The largest absolute Gasteiger partial charge is 0.508 e. The molecule has 720 valence electrons. The van der Waals surface area contributed by atoms with Crippen molar-refractivity contribution in [1.82, 2.24) is 0 Å². The van der Waals surface area contributed by atoms with Gasteiger partial charge in [-0.15, -0.1) is 0 Å². The van der Waals surface area contributed by atoms with Gasteiger partial charge in [0.05, 0.1) is 40.9 Å². The molecule has 0 fully saturated rings. The molecule has 6 heterocycles. The minimum Gasteiger partial charge on any atom is -0.508 e. The van der Waals surface area contributed by atoms with E-state index in [1.165, 1.54) is 85.3 Å². The molecule has 0 saturated carbocycles. The van der Waals surface area contributed by atoms with E-state index in [-0.39, 0.29) is 87.8 Å². The number of hydrogen-bond donors (Lipinski definition) is 1. The van der Waals surface area contributed by atoms with Gasteiger partial charge >= 0.3 is 0 Å². The predicted molar refractivity (Wildman–Crippen MR) is 657 cm³/mol. The van der Waals surface area contributed by atoms with Gasteiger partial charge in [-0.3, -0.25) is 0 Å². The smallest absolute Gasteiger partial charge is 0.216 e. The number of halogens is 25. The lowest BCUT2D eigenvalue weighted by atomic mass is 10.1. The van der Waals surface area contributed by atoms with Crippen molar-refractivity contribution < 1.29 is 5.11 Å². The van der Waals surface area contributed by atoms with Crippen LogP contribution in [0.4, 0.5) is 0 Å². The van der Waals surface area contributed by atoms with Gasteiger partial charge in [0.15, 0.2) is 66.6 Å². The van der Waals surface area contributed by atoms with Crippen molar-refractivity contribution in [3.63, 3.8) is 0 Å². The van der Waals surface area contributed by atoms with Crippen LogP contribution >= 0.6 is 353 Å². The second-order valence-corrected chi connectivity index (χ2v) is 54.9. The van der Waals surface area contributed by atoms with Crippen molar-refractivity contribution in [2.45, 2.75) is 27.7 Å². The number of hydrogen-bond acceptors (Lipinski definition) is 1. The molecular weight excluding hydrogens is 2440 g/mol. The monoisotopic (exact) mass is 2490 g/mol. The number of fused-ring (bicyclic) bond motifs is 18. The molecule has 1 N–H and O–H groups in total. The highest BCUT2D eigenvalue weighted by atomic mass is 35.5. The zero-order chi connectivity index (χ0) is 102. The molecule has 24 rings (SSSR count). The van der Waals surface area contributed by atoms with Crippen LogP contribution in [-0.2, 0) is 0 Å². The summed E-state index contributed by atoms with van der Waals surface area (Å²) in [4.78, 5) is 6.53. The highest BCUT2D eigenvalue weighted by Crippen LogP contribution is 2.64. The SMILES string of the molecule is Cc1cc(C)c(-[s+]2c3ccc(Cl)cc3c3cc(Cl)ccc32)c(Cl)c1.Cc1ccc(-[s+]2c3ccc(Cl)cc3c3cc(Cl)ccc32)c(C)c1.Clc1cc(Cl)c(-[s+]2c3ccc(Cl)cc3c3cc(Cl)ccc32)c(Cl)c1.Clc1ccc(-[s+]2c3c(Cl)c(Cl)c(Cl)c(Cl)c3c3c(Cl)c(Cl)c(Cl)c(Cl)c32)cc1.Clc1ccc(-[s+]2c3ccc(Cl)cc3c3cc(Cl)ccc32)c(Cl)c1.Oc1ccc(-[s+]2c3ccc(Cl)cc3c3cc(Cl)ccc32)cc1. The summed E-state index contributed by atoms with van der Waals surface area (Å²) in [5.41, 5.74) is 5.02. The van der Waals surface area contributed by atoms with Crippen molar-refractivity contribution in [3.8, 4) is 35.1 Å². The molecule has 1 nitrogen and oxygen atoms in total. The number of rotatable bonds is 6. The lowest BCUT2D eigenvalue weighted by molar-refractivity contribution is 0.475. The molecule has 24 aromatic rings. The van der Waals surface area contributed by atoms with Crippen LogP contribution in [0.15, 0.2) is 291 Å². The van der Waals surface area contributed by atoms with E-state index >= 15 is 0 Å². The number of thiophene rings is 6. The van der Waals surface area contributed by atoms with Crippen LogP contribution in [0.25, 0.3) is 150 Å². The third kappa shape index (κ3) is 20.8. The highest BCUT2D eigenvalue weighted by Gasteiger charge is 2.39. The molecule has 18 aromatic carbocycles. The molecule has 0 saturated heterocycles. The fraction of sp³-hybridized carbons (Fsp3) is 0.0357. The van der Waals surface area contributed by atoms with Gasteiger partial charge in [0.2, 0.25) is 19.2 Å². The molecule has 0 aliphatic heterocycles. The molecule has 0 amide bonds. The van der Waals surface area contributed by atoms with Crippen LogP contribution in [0.3, 0.4) is 0 Å². The minimum atomic E-state index is -0.807. The minimum absolute atomic E-state index is 0.0942. The van der Waals surface area contributed by atoms with E-state index in [4.69, 9.17) is 290 Å². The Morgan fingerprint density at radius 3 is 0.750 bits per heavy atom. The lowest BCUT2D eigenvalue weighted by Gasteiger charge is -2.04. The van der Waals surface area contributed by atoms with E-state index in [2.05, 4.69) is 113 Å². The fourth-order valence-corrected chi connectivity index (χ4v) is 39.2. The average Bonchev–Trinajstić information content (AvgIpc) is 1.53. The van der Waals surface area contributed by atoms with Crippen LogP contribution in [0.1, 0.15) is 22.3 Å². The quantitative estimate of drug-likeness (QED) is 0.0999. The Hall–Kier alpha value is -5.67. The summed E-state index contributed by atoms with van der Waals surface area (Å²) in [5.74, 6) is 0.277. The van der Waals surface area contributed by atoms with Gasteiger partial charge in [-0.05, 0) is 227 Å². The summed E-state index contributed by atoms with van der Waals surface area (Å²) in [7, 11) is -2.05. The second kappa shape index (κ2) is 44.2. The van der Waals surface area contributed by atoms with Crippen LogP contribution in [0.5, 0.6) is 5.75 Å². The first-order chi connectivity index (χ1) is 68.8. The summed E-state index contributed by atoms with van der Waals surface area (Å²) < 4.78 is 13.6. The van der Waals surface area contributed by atoms with Crippen LogP contribution in [0.2, 0.25) is 126 Å². The molecule has 6 aromatic heterocycles. The van der Waals surface area contributed by atoms with Gasteiger partial charge in [0.25, 0.3) is 0 Å². The van der Waals surface area contributed by atoms with Crippen LogP contribution in [0, 0.1) is 27.7 Å². The maximum Gasteiger partial charge on any atom is 0.216 e. The van der Waals surface area contributed by atoms with Gasteiger partial charge in [-0.1, -0.05) is 314 Å². The van der Waals surface area contributed by atoms with E-state index < -0.39 is 20.9 Å². The van der Waals surface area contributed by atoms with Crippen LogP contribution < -0.4 is 0 Å². The van der Waals surface area contributed by atoms with Crippen molar-refractivity contribution in [1.29, 1.82) is 0 Å². The lowest BCUT2D eigenvalue weighted by Crippen LogP contribution is -1.83. The predicted octanol–water partition coefficient (Wildman–Crippen LogP) is 51.7. The molecule has 0 aliphatic carbocycles. The summed E-state index contributed by atoms with van der Waals surface area (Å²) in [6.45, 7) is 8.53. The van der Waals surface area contributed by atoms with E-state index in [1.54, 1.807) is 42.5 Å². The van der Waals surface area contributed by atoms with Crippen LogP contribution in [-0.4, -0.2) is 5.11 Å². The number of phenolic OH excluding ortho intramolecular Hbond substituents is 1. The van der Waals surface area contributed by atoms with Gasteiger partial charge in [-0.25, -0.2) is 0 Å². The number of aromatic hydroxyl groups is 1. The van der Waals surface area contributed by atoms with E-state index in [9.17, 15) is 5.11 Å². The third-order valence-electron chi connectivity index (χ3n) is 23.7. The first kappa shape index (κ1) is 107. The molecular formula is C112H61Cl25OS6+6. The summed E-state index contributed by atoms with van der Waals surface area (Å²) in [6, 6.07) is 95.0. The summed E-state index contributed by atoms with van der Waals surface area (Å²) in [6.07, 6.45) is 0. The normalized spacial score (nSPS) is 11.5. The first-order valence-electron chi connectivity index (χ1n) is 42.9. The standard InChI is InChI=1S/C20H14Cl3S.C20H15Cl2S.C18H4Cl9S.C18H8Cl5S.C18H9Cl4S.C18H10Cl2OS/c1-11-7-12(2)20(17(23)8-11)24-18-5-3-13(21)9-15(18)16-10-14(22)4-6-19(16)24;1-12-3-6-18(13(2)9-12)23-19-7-4-14(21)10-16(19)17-11-15(22)5-8-20(17)23;19-5-1-3-6(4-2-5)28-17-7(9(20)11(22)13(24)15(17)26)8-10(21)12(23)14(25)16(27)18(8)28;19-9-1-3-16-12(5-9)13-6-10(20)2-4-17(13)24(16)18-14(22)7-11(21)8-15(18)23;19-10-1-4-16-13(7-10)14-8-11(20)2-5-17(14)23(16)18-6-3-12(21)9-15(18)22;19-11-1-7-17-15(9-11)16-10-12(20)2-8-18(16)22(17)14-5-3-13(21)4-6-14/h3-10H,1-2H3;3-11H,1-2H3;1-4H;1-8H;1-9H;1-10H/q5*+1;/p+1. The van der Waals surface area contributed by atoms with Crippen molar-refractivity contribution in [2.24, 2.45) is 0 Å². The Morgan fingerprint density at radius 2 is 0.424 bits per heavy atom. The second-order valence-electron chi connectivity index (χ2n) is 33.0. The van der Waals surface area contributed by atoms with Crippen molar-refractivity contribution in [3.05, 3.63) is 439 Å². The molecule has 0 aliphatic rings. The summed E-state index contributed by atoms with van der Waals surface area (Å²) >= 11 is 158. The Kier molecular flexibility index (Phi) is 32.8. The Labute approximate surface area is 968 Å². The Morgan fingerprint density at radius 1 is 0.174 bits per heavy atom. The van der Waals surface area contributed by atoms with Crippen molar-refractivity contribution in [2.75, 3.05) is 0 Å². The van der Waals surface area contributed by atoms with Gasteiger partial charge in [0, 0.05) is 272 Å². The molecule has 144 heavy (non-hydrogen) atoms. The average molecular weight is 2500 g/mol. The molecule has 0 radical (unpaired) electrons. The van der Waals surface area contributed by atoms with Crippen molar-refractivity contribution >= 4 is 474 Å². The molecule has 0 atom stereocenters. The third-order valence-corrected chi connectivity index (χ3v) is 46.8. The fourth-order valence-electron chi connectivity index (χ4n) is 17.8. The molecule has 0 spiro atoms. The Bertz CT molecular complexity index is 8650. The molecule has 0 bridgehead atoms. The maximum atomic E-state index is 9.53. The van der Waals surface area contributed by atoms with Gasteiger partial charge < -0.3 is 5.11 Å². The molecule has 32 heteroatoms. The molecule has 0 unspecified atom stereocenters. The Balaban J connectivity index is 0.000000110. The zero-order valence-electron chi connectivity index (χ0n) is 74.1. The number of aryl methyl sites for hydroxylation is 4. The zero-order valence-corrected chi connectivity index (χ0v) is 97.9. The number of phenols is 1. The number of benzene rings is 18. The van der Waals surface area contributed by atoms with E-state index in [1.807, 2.05) is 164 Å². The topological polar surface area (TPSA) is 20.2 Å². The summed E-state index contributed by atoms with van der Waals surface area (Å²) in [5, 5.41) is 35.0. The van der Waals surface area contributed by atoms with Gasteiger partial charge in [-0.2, -0.15) is 0 Å². The van der Waals surface area contributed by atoms with Gasteiger partial charge in [0.1, 0.15) is 35.9 Å². The van der Waals surface area contributed by atoms with E-state index in [0.717, 1.165) is 102 Å². The first-order valence-corrected chi connectivity index (χ1v) is 59.7. The highest BCUT2D eigenvalue weighted by molar-refractivity contribution is 7.53. The van der Waals surface area contributed by atoms with E-state index in [0.29, 0.717) is 70.4 Å². The maximum absolute atomic E-state index is 9.53.